The summed E-state index contributed by atoms with van der Waals surface area (Å²) in [4.78, 5) is 58.4. The molecule has 1 aliphatic rings. The molecule has 14 nitrogen and oxygen atoms in total. The summed E-state index contributed by atoms with van der Waals surface area (Å²) in [6.45, 7) is 1.08. The number of fused-ring (bicyclic) bond motifs is 1. The van der Waals surface area contributed by atoms with Crippen LogP contribution in [0.25, 0.3) is 10.8 Å². The van der Waals surface area contributed by atoms with Crippen LogP contribution in [0.4, 0.5) is 13.2 Å². The van der Waals surface area contributed by atoms with Gasteiger partial charge >= 0.3 is 18.1 Å². The standard InChI is InChI=1S/C28H36N6O6S.C2HF3O2/c1-40-28(37)25(15-31-41(2,38)39)32-26(35)18-33(16-21-9-5-8-20-7-3-4-11-24(20)21)17-23-10-6-12-34(23)27(36)13-22-14-29-19-30-22;3-2(4,5)1(6)7/h3-5,7-9,11,14,19,23,25,31H,6,10,12-13,15-18H2,1-2H3,(H,29,30)(H,32,35);(H,6,7)/t23-,25-;/m0./s1. The molecule has 2 atom stereocenters. The number of carbonyl (C=O) groups is 4. The second-order valence-electron chi connectivity index (χ2n) is 11.0. The monoisotopic (exact) mass is 698 g/mol. The lowest BCUT2D eigenvalue weighted by atomic mass is 10.0. The topological polar surface area (TPSA) is 191 Å². The van der Waals surface area contributed by atoms with E-state index in [1.54, 1.807) is 12.5 Å². The molecular weight excluding hydrogens is 661 g/mol. The number of carboxylic acids is 1. The van der Waals surface area contributed by atoms with Gasteiger partial charge in [-0.3, -0.25) is 14.5 Å². The number of amides is 2. The molecule has 0 saturated carbocycles. The van der Waals surface area contributed by atoms with Crippen LogP contribution in [0.1, 0.15) is 24.1 Å². The first-order valence-corrected chi connectivity index (χ1v) is 16.5. The highest BCUT2D eigenvalue weighted by molar-refractivity contribution is 7.88. The fourth-order valence-corrected chi connectivity index (χ4v) is 5.63. The maximum absolute atomic E-state index is 13.2. The number of alkyl halides is 3. The number of hydrogen-bond donors (Lipinski definition) is 4. The Balaban J connectivity index is 0.000000804. The highest BCUT2D eigenvalue weighted by Gasteiger charge is 2.38. The first-order valence-electron chi connectivity index (χ1n) is 14.7. The van der Waals surface area contributed by atoms with Crippen molar-refractivity contribution >= 4 is 44.5 Å². The van der Waals surface area contributed by atoms with Crippen molar-refractivity contribution in [2.45, 2.75) is 44.1 Å². The van der Waals surface area contributed by atoms with E-state index in [1.807, 2.05) is 52.3 Å². The number of aromatic nitrogens is 2. The Bertz CT molecular complexity index is 1660. The minimum Gasteiger partial charge on any atom is -0.475 e. The van der Waals surface area contributed by atoms with Crippen LogP contribution >= 0.6 is 0 Å². The average Bonchev–Trinajstić information content (AvgIpc) is 3.71. The van der Waals surface area contributed by atoms with Crippen LogP contribution in [0.3, 0.4) is 0 Å². The van der Waals surface area contributed by atoms with Crippen molar-refractivity contribution < 1.29 is 50.6 Å². The summed E-state index contributed by atoms with van der Waals surface area (Å²) in [6.07, 6.45) is 0.974. The molecule has 18 heteroatoms. The lowest BCUT2D eigenvalue weighted by molar-refractivity contribution is -0.192. The summed E-state index contributed by atoms with van der Waals surface area (Å²) < 4.78 is 61.9. The van der Waals surface area contributed by atoms with Gasteiger partial charge < -0.3 is 25.0 Å². The lowest BCUT2D eigenvalue weighted by Gasteiger charge is -2.31. The summed E-state index contributed by atoms with van der Waals surface area (Å²) >= 11 is 0. The third-order valence-electron chi connectivity index (χ3n) is 7.31. The van der Waals surface area contributed by atoms with Crippen LogP contribution in [0, 0.1) is 0 Å². The van der Waals surface area contributed by atoms with Crippen molar-refractivity contribution in [3.05, 3.63) is 66.2 Å². The SMILES string of the molecule is COC(=O)[C@H](CNS(C)(=O)=O)NC(=O)CN(Cc1cccc2ccccc12)C[C@@H]1CCCN1C(=O)Cc1c[nH]cn1.O=C(O)C(F)(F)F. The molecule has 1 aromatic heterocycles. The van der Waals surface area contributed by atoms with E-state index in [0.29, 0.717) is 25.3 Å². The summed E-state index contributed by atoms with van der Waals surface area (Å²) in [5.41, 5.74) is 1.69. The van der Waals surface area contributed by atoms with Crippen molar-refractivity contribution in [3.8, 4) is 0 Å². The smallest absolute Gasteiger partial charge is 0.475 e. The molecule has 0 bridgehead atoms. The molecule has 2 aromatic carbocycles. The number of sulfonamides is 1. The second kappa shape index (κ2) is 17.0. The van der Waals surface area contributed by atoms with E-state index in [1.165, 1.54) is 7.11 Å². The van der Waals surface area contributed by atoms with Gasteiger partial charge in [0.25, 0.3) is 0 Å². The number of rotatable bonds is 13. The number of aromatic amines is 1. The summed E-state index contributed by atoms with van der Waals surface area (Å²) in [7, 11) is -2.42. The van der Waals surface area contributed by atoms with Gasteiger partial charge in [0.15, 0.2) is 0 Å². The molecule has 0 radical (unpaired) electrons. The first-order chi connectivity index (χ1) is 22.6. The maximum Gasteiger partial charge on any atom is 0.490 e. The van der Waals surface area contributed by atoms with Crippen LogP contribution in [-0.2, 0) is 46.9 Å². The quantitative estimate of drug-likeness (QED) is 0.190. The molecule has 1 fully saturated rings. The van der Waals surface area contributed by atoms with Gasteiger partial charge in [-0.25, -0.2) is 27.7 Å². The highest BCUT2D eigenvalue weighted by Crippen LogP contribution is 2.23. The number of nitrogens with zero attached hydrogens (tertiary/aromatic N) is 3. The zero-order valence-electron chi connectivity index (χ0n) is 26.2. The number of H-pyrrole nitrogens is 1. The number of methoxy groups -OCH3 is 1. The van der Waals surface area contributed by atoms with Gasteiger partial charge in [0.1, 0.15) is 6.04 Å². The summed E-state index contributed by atoms with van der Waals surface area (Å²) in [5.74, 6) is -4.01. The Morgan fingerprint density at radius 3 is 2.48 bits per heavy atom. The number of nitrogens with one attached hydrogen (secondary N) is 3. The van der Waals surface area contributed by atoms with Gasteiger partial charge in [0, 0.05) is 38.4 Å². The third kappa shape index (κ3) is 11.9. The fourth-order valence-electron chi connectivity index (χ4n) is 5.17. The predicted molar refractivity (Wildman–Crippen MR) is 167 cm³/mol. The predicted octanol–water partition coefficient (Wildman–Crippen LogP) is 1.44. The van der Waals surface area contributed by atoms with Gasteiger partial charge in [0.2, 0.25) is 21.8 Å². The zero-order valence-corrected chi connectivity index (χ0v) is 27.0. The molecule has 2 amide bonds. The molecule has 1 aliphatic heterocycles. The molecule has 48 heavy (non-hydrogen) atoms. The second-order valence-corrected chi connectivity index (χ2v) is 12.8. The molecule has 3 aromatic rings. The molecule has 0 unspecified atom stereocenters. The molecule has 1 saturated heterocycles. The maximum atomic E-state index is 13.2. The molecule has 4 N–H and O–H groups in total. The van der Waals surface area contributed by atoms with Gasteiger partial charge in [-0.2, -0.15) is 13.2 Å². The Morgan fingerprint density at radius 2 is 1.85 bits per heavy atom. The number of benzene rings is 2. The number of ether oxygens (including phenoxy) is 1. The first kappa shape index (κ1) is 37.9. The molecule has 0 spiro atoms. The van der Waals surface area contributed by atoms with E-state index in [-0.39, 0.29) is 31.5 Å². The lowest BCUT2D eigenvalue weighted by Crippen LogP contribution is -2.52. The molecule has 2 heterocycles. The average molecular weight is 699 g/mol. The van der Waals surface area contributed by atoms with Crippen molar-refractivity contribution in [2.75, 3.05) is 39.5 Å². The van der Waals surface area contributed by atoms with Gasteiger partial charge in [-0.15, -0.1) is 0 Å². The Kier molecular flexibility index (Phi) is 13.4. The van der Waals surface area contributed by atoms with E-state index in [9.17, 15) is 36.0 Å². The fraction of sp³-hybridized carbons (Fsp3) is 0.433. The van der Waals surface area contributed by atoms with Crippen LogP contribution in [0.15, 0.2) is 55.0 Å². The molecular formula is C30H37F3N6O8S. The molecule has 0 aliphatic carbocycles. The minimum atomic E-state index is -5.08. The number of esters is 1. The number of likely N-dealkylation sites (tertiary alicyclic amines) is 1. The summed E-state index contributed by atoms with van der Waals surface area (Å²) in [5, 5.41) is 11.9. The largest absolute Gasteiger partial charge is 0.490 e. The van der Waals surface area contributed by atoms with Crippen LogP contribution in [0.5, 0.6) is 0 Å². The van der Waals surface area contributed by atoms with E-state index >= 15 is 0 Å². The Labute approximate surface area is 274 Å². The van der Waals surface area contributed by atoms with E-state index in [4.69, 9.17) is 14.6 Å². The van der Waals surface area contributed by atoms with Gasteiger partial charge in [-0.1, -0.05) is 42.5 Å². The number of hydrogen-bond acceptors (Lipinski definition) is 9. The van der Waals surface area contributed by atoms with Gasteiger partial charge in [0.05, 0.1) is 38.4 Å². The van der Waals surface area contributed by atoms with Crippen LogP contribution < -0.4 is 10.0 Å². The number of carbonyl (C=O) groups excluding carboxylic acids is 3. The minimum absolute atomic E-state index is 0.0215. The normalized spacial score (nSPS) is 15.5. The van der Waals surface area contributed by atoms with Gasteiger partial charge in [-0.05, 0) is 29.2 Å². The zero-order chi connectivity index (χ0) is 35.5. The van der Waals surface area contributed by atoms with Crippen molar-refractivity contribution in [1.29, 1.82) is 0 Å². The van der Waals surface area contributed by atoms with E-state index in [2.05, 4.69) is 20.0 Å². The molecule has 4 rings (SSSR count). The van der Waals surface area contributed by atoms with Crippen LogP contribution in [0.2, 0.25) is 0 Å². The van der Waals surface area contributed by atoms with Crippen LogP contribution in [-0.4, -0.2) is 115 Å². The number of halogens is 3. The number of carboxylic acid groups (broad SMARTS) is 1. The van der Waals surface area contributed by atoms with Crippen molar-refractivity contribution in [3.63, 3.8) is 0 Å². The van der Waals surface area contributed by atoms with E-state index in [0.717, 1.165) is 35.4 Å². The summed E-state index contributed by atoms with van der Waals surface area (Å²) in [6, 6.07) is 12.7. The van der Waals surface area contributed by atoms with Crippen molar-refractivity contribution in [2.24, 2.45) is 0 Å². The third-order valence-corrected chi connectivity index (χ3v) is 8.00. The Hall–Kier alpha value is -4.55. The Morgan fingerprint density at radius 1 is 1.17 bits per heavy atom. The number of aliphatic carboxylic acids is 1. The van der Waals surface area contributed by atoms with E-state index < -0.39 is 40.1 Å². The number of imidazole rings is 1. The highest BCUT2D eigenvalue weighted by atomic mass is 32.2. The van der Waals surface area contributed by atoms with Crippen molar-refractivity contribution in [1.82, 2.24) is 29.8 Å². The molecule has 262 valence electrons.